The first-order valence-electron chi connectivity index (χ1n) is 6.51. The van der Waals surface area contributed by atoms with Gasteiger partial charge in [0.05, 0.1) is 18.6 Å². The Balaban J connectivity index is 1.83. The molecule has 0 saturated carbocycles. The zero-order valence-electron chi connectivity index (χ0n) is 11.3. The Morgan fingerprint density at radius 2 is 2.21 bits per heavy atom. The lowest BCUT2D eigenvalue weighted by molar-refractivity contribution is -0.134. The van der Waals surface area contributed by atoms with Crippen molar-refractivity contribution < 1.29 is 9.53 Å². The highest BCUT2D eigenvalue weighted by molar-refractivity contribution is 5.89. The molecule has 2 aromatic rings. The lowest BCUT2D eigenvalue weighted by Gasteiger charge is -2.29. The molecule has 3 rings (SSSR count). The summed E-state index contributed by atoms with van der Waals surface area (Å²) in [6.45, 7) is 5.07. The summed E-state index contributed by atoms with van der Waals surface area (Å²) in [4.78, 5) is 17.4. The van der Waals surface area contributed by atoms with Gasteiger partial charge in [-0.15, -0.1) is 0 Å². The number of hydrogen-bond acceptors (Lipinski definition) is 2. The first-order chi connectivity index (χ1) is 9.08. The van der Waals surface area contributed by atoms with Gasteiger partial charge in [-0.2, -0.15) is 0 Å². The SMILES string of the molecule is CC1(C)COCN1C(=O)Cc1c[nH]c2ccccc12. The molecular formula is C15H18N2O2. The number of hydrogen-bond donors (Lipinski definition) is 1. The number of H-pyrrole nitrogens is 1. The van der Waals surface area contributed by atoms with Gasteiger partial charge in [-0.05, 0) is 25.5 Å². The molecule has 1 aliphatic rings. The van der Waals surface area contributed by atoms with E-state index in [1.54, 1.807) is 0 Å². The maximum absolute atomic E-state index is 12.4. The van der Waals surface area contributed by atoms with Crippen LogP contribution in [0.3, 0.4) is 0 Å². The second-order valence-electron chi connectivity index (χ2n) is 5.65. The smallest absolute Gasteiger partial charge is 0.229 e. The summed E-state index contributed by atoms with van der Waals surface area (Å²) in [7, 11) is 0. The quantitative estimate of drug-likeness (QED) is 0.898. The molecule has 0 spiro atoms. The van der Waals surface area contributed by atoms with Crippen molar-refractivity contribution >= 4 is 16.8 Å². The average molecular weight is 258 g/mol. The Hall–Kier alpha value is -1.81. The number of benzene rings is 1. The van der Waals surface area contributed by atoms with Gasteiger partial charge in [0, 0.05) is 17.1 Å². The molecule has 2 heterocycles. The van der Waals surface area contributed by atoms with Crippen molar-refractivity contribution in [3.05, 3.63) is 36.0 Å². The van der Waals surface area contributed by atoms with E-state index in [-0.39, 0.29) is 11.4 Å². The normalized spacial score (nSPS) is 18.1. The van der Waals surface area contributed by atoms with E-state index < -0.39 is 0 Å². The molecule has 1 amide bonds. The van der Waals surface area contributed by atoms with Gasteiger partial charge in [0.1, 0.15) is 6.73 Å². The highest BCUT2D eigenvalue weighted by Crippen LogP contribution is 2.24. The van der Waals surface area contributed by atoms with E-state index in [9.17, 15) is 4.79 Å². The Bertz CT molecular complexity index is 615. The predicted molar refractivity (Wildman–Crippen MR) is 73.7 cm³/mol. The number of nitrogens with one attached hydrogen (secondary N) is 1. The fourth-order valence-corrected chi connectivity index (χ4v) is 2.59. The molecule has 4 heteroatoms. The van der Waals surface area contributed by atoms with E-state index in [0.29, 0.717) is 19.8 Å². The van der Waals surface area contributed by atoms with E-state index in [0.717, 1.165) is 16.5 Å². The van der Waals surface area contributed by atoms with Crippen molar-refractivity contribution in [3.8, 4) is 0 Å². The van der Waals surface area contributed by atoms with Gasteiger partial charge >= 0.3 is 0 Å². The molecule has 0 bridgehead atoms. The molecule has 0 aliphatic carbocycles. The maximum Gasteiger partial charge on any atom is 0.229 e. The second kappa shape index (κ2) is 4.38. The van der Waals surface area contributed by atoms with E-state index in [4.69, 9.17) is 4.74 Å². The topological polar surface area (TPSA) is 45.3 Å². The Kier molecular flexibility index (Phi) is 2.82. The van der Waals surface area contributed by atoms with Gasteiger partial charge in [0.25, 0.3) is 0 Å². The predicted octanol–water partition coefficient (Wildman–Crippen LogP) is 2.31. The van der Waals surface area contributed by atoms with Crippen LogP contribution in [0.25, 0.3) is 10.9 Å². The molecule has 0 radical (unpaired) electrons. The number of aromatic nitrogens is 1. The number of nitrogens with zero attached hydrogens (tertiary/aromatic N) is 1. The lowest BCUT2D eigenvalue weighted by Crippen LogP contribution is -2.44. The standard InChI is InChI=1S/C15H18N2O2/c1-15(2)9-19-10-17(15)14(18)7-11-8-16-13-6-4-3-5-12(11)13/h3-6,8,16H,7,9-10H2,1-2H3. The molecule has 1 fully saturated rings. The largest absolute Gasteiger partial charge is 0.361 e. The first kappa shape index (κ1) is 12.2. The van der Waals surface area contributed by atoms with Crippen LogP contribution in [0.4, 0.5) is 0 Å². The molecule has 1 aromatic heterocycles. The Morgan fingerprint density at radius 1 is 1.42 bits per heavy atom. The summed E-state index contributed by atoms with van der Waals surface area (Å²) in [5.41, 5.74) is 1.91. The fraction of sp³-hybridized carbons (Fsp3) is 0.400. The Morgan fingerprint density at radius 3 is 2.95 bits per heavy atom. The molecule has 0 unspecified atom stereocenters. The van der Waals surface area contributed by atoms with Gasteiger partial charge in [0.2, 0.25) is 5.91 Å². The van der Waals surface area contributed by atoms with Crippen molar-refractivity contribution in [2.75, 3.05) is 13.3 Å². The number of rotatable bonds is 2. The van der Waals surface area contributed by atoms with Crippen molar-refractivity contribution in [2.24, 2.45) is 0 Å². The molecule has 1 N–H and O–H groups in total. The molecular weight excluding hydrogens is 240 g/mol. The monoisotopic (exact) mass is 258 g/mol. The van der Waals surface area contributed by atoms with Crippen molar-refractivity contribution in [2.45, 2.75) is 25.8 Å². The van der Waals surface area contributed by atoms with E-state index in [1.807, 2.05) is 49.2 Å². The van der Waals surface area contributed by atoms with Gasteiger partial charge in [-0.25, -0.2) is 0 Å². The number of para-hydroxylation sites is 1. The van der Waals surface area contributed by atoms with Crippen LogP contribution in [-0.4, -0.2) is 34.7 Å². The van der Waals surface area contributed by atoms with Gasteiger partial charge in [-0.1, -0.05) is 18.2 Å². The summed E-state index contributed by atoms with van der Waals surface area (Å²) in [6, 6.07) is 8.04. The van der Waals surface area contributed by atoms with Crippen LogP contribution in [0, 0.1) is 0 Å². The van der Waals surface area contributed by atoms with Crippen LogP contribution in [0.2, 0.25) is 0 Å². The van der Waals surface area contributed by atoms with Crippen LogP contribution >= 0.6 is 0 Å². The van der Waals surface area contributed by atoms with Gasteiger partial charge in [0.15, 0.2) is 0 Å². The third-order valence-corrected chi connectivity index (χ3v) is 3.72. The van der Waals surface area contributed by atoms with E-state index in [1.165, 1.54) is 0 Å². The molecule has 1 aromatic carbocycles. The minimum atomic E-state index is -0.205. The number of aromatic amines is 1. The molecule has 19 heavy (non-hydrogen) atoms. The number of ether oxygens (including phenoxy) is 1. The number of carbonyl (C=O) groups excluding carboxylic acids is 1. The van der Waals surface area contributed by atoms with Crippen LogP contribution in [0.15, 0.2) is 30.5 Å². The molecule has 4 nitrogen and oxygen atoms in total. The number of carbonyl (C=O) groups is 1. The van der Waals surface area contributed by atoms with E-state index in [2.05, 4.69) is 4.98 Å². The number of fused-ring (bicyclic) bond motifs is 1. The second-order valence-corrected chi connectivity index (χ2v) is 5.65. The third kappa shape index (κ3) is 2.12. The summed E-state index contributed by atoms with van der Waals surface area (Å²) in [5.74, 6) is 0.118. The van der Waals surface area contributed by atoms with E-state index >= 15 is 0 Å². The highest BCUT2D eigenvalue weighted by atomic mass is 16.5. The minimum Gasteiger partial charge on any atom is -0.361 e. The Labute approximate surface area is 112 Å². The summed E-state index contributed by atoms with van der Waals surface area (Å²) in [5, 5.41) is 1.12. The summed E-state index contributed by atoms with van der Waals surface area (Å²) < 4.78 is 5.40. The van der Waals surface area contributed by atoms with Crippen molar-refractivity contribution in [1.82, 2.24) is 9.88 Å². The molecule has 1 aliphatic heterocycles. The van der Waals surface area contributed by atoms with Crippen LogP contribution in [0.5, 0.6) is 0 Å². The molecule has 1 saturated heterocycles. The summed E-state index contributed by atoms with van der Waals surface area (Å²) >= 11 is 0. The van der Waals surface area contributed by atoms with Crippen LogP contribution in [0.1, 0.15) is 19.4 Å². The lowest BCUT2D eigenvalue weighted by atomic mass is 10.0. The third-order valence-electron chi connectivity index (χ3n) is 3.72. The first-order valence-corrected chi connectivity index (χ1v) is 6.51. The van der Waals surface area contributed by atoms with Crippen molar-refractivity contribution in [1.29, 1.82) is 0 Å². The van der Waals surface area contributed by atoms with Crippen molar-refractivity contribution in [3.63, 3.8) is 0 Å². The fourth-order valence-electron chi connectivity index (χ4n) is 2.59. The maximum atomic E-state index is 12.4. The highest BCUT2D eigenvalue weighted by Gasteiger charge is 2.36. The summed E-state index contributed by atoms with van der Waals surface area (Å²) in [6.07, 6.45) is 2.34. The number of amides is 1. The van der Waals surface area contributed by atoms with Crippen LogP contribution in [-0.2, 0) is 16.0 Å². The zero-order valence-corrected chi connectivity index (χ0v) is 11.3. The van der Waals surface area contributed by atoms with Gasteiger partial charge < -0.3 is 14.6 Å². The average Bonchev–Trinajstić information content (AvgIpc) is 2.93. The molecule has 100 valence electrons. The minimum absolute atomic E-state index is 0.118. The zero-order chi connectivity index (χ0) is 13.5. The molecule has 0 atom stereocenters. The van der Waals surface area contributed by atoms with Crippen LogP contribution < -0.4 is 0 Å². The van der Waals surface area contributed by atoms with Gasteiger partial charge in [-0.3, -0.25) is 4.79 Å².